The van der Waals surface area contributed by atoms with Crippen molar-refractivity contribution >= 4 is 22.5 Å². The lowest BCUT2D eigenvalue weighted by Gasteiger charge is -2.14. The second-order valence-electron chi connectivity index (χ2n) is 5.26. The van der Waals surface area contributed by atoms with Crippen LogP contribution in [0.3, 0.4) is 0 Å². The van der Waals surface area contributed by atoms with Gasteiger partial charge in [0, 0.05) is 10.6 Å². The molecule has 3 aromatic rings. The van der Waals surface area contributed by atoms with Gasteiger partial charge >= 0.3 is 0 Å². The van der Waals surface area contributed by atoms with Crippen LogP contribution in [-0.4, -0.2) is 14.7 Å². The molecule has 0 amide bonds. The Kier molecular flexibility index (Phi) is 3.96. The van der Waals surface area contributed by atoms with Crippen molar-refractivity contribution < 1.29 is 5.11 Å². The van der Waals surface area contributed by atoms with Gasteiger partial charge in [0.2, 0.25) is 0 Å². The smallest absolute Gasteiger partial charge is 0.261 e. The fraction of sp³-hybridized carbons (Fsp3) is 0.176. The van der Waals surface area contributed by atoms with Crippen LogP contribution in [0, 0.1) is 6.92 Å². The average Bonchev–Trinajstić information content (AvgIpc) is 2.51. The molecule has 1 aromatic heterocycles. The van der Waals surface area contributed by atoms with Crippen molar-refractivity contribution in [3.63, 3.8) is 0 Å². The number of aliphatic hydroxyl groups is 1. The first-order valence-corrected chi connectivity index (χ1v) is 7.32. The van der Waals surface area contributed by atoms with Crippen LogP contribution in [0.15, 0.2) is 53.6 Å². The molecule has 0 spiro atoms. The van der Waals surface area contributed by atoms with Crippen molar-refractivity contribution in [3.05, 3.63) is 75.3 Å². The third-order valence-corrected chi connectivity index (χ3v) is 3.96. The van der Waals surface area contributed by atoms with Crippen molar-refractivity contribution in [2.75, 3.05) is 0 Å². The molecule has 0 saturated heterocycles. The summed E-state index contributed by atoms with van der Waals surface area (Å²) in [5.74, 6) is 0. The van der Waals surface area contributed by atoms with Crippen molar-refractivity contribution in [3.8, 4) is 0 Å². The highest BCUT2D eigenvalue weighted by atomic mass is 35.5. The Morgan fingerprint density at radius 3 is 2.82 bits per heavy atom. The van der Waals surface area contributed by atoms with Crippen LogP contribution in [-0.2, 0) is 6.54 Å². The third-order valence-electron chi connectivity index (χ3n) is 3.61. The van der Waals surface area contributed by atoms with Gasteiger partial charge in [-0.05, 0) is 25.1 Å². The quantitative estimate of drug-likeness (QED) is 0.808. The Bertz CT molecular complexity index is 889. The van der Waals surface area contributed by atoms with E-state index in [0.717, 1.165) is 5.56 Å². The number of hydrogen-bond acceptors (Lipinski definition) is 3. The number of aryl methyl sites for hydroxylation is 1. The molecule has 0 radical (unpaired) electrons. The molecule has 0 aliphatic heterocycles. The summed E-state index contributed by atoms with van der Waals surface area (Å²) in [7, 11) is 0. The van der Waals surface area contributed by atoms with Crippen molar-refractivity contribution in [1.29, 1.82) is 0 Å². The lowest BCUT2D eigenvalue weighted by atomic mass is 10.1. The molecule has 4 nitrogen and oxygen atoms in total. The van der Waals surface area contributed by atoms with Gasteiger partial charge in [-0.15, -0.1) is 0 Å². The first-order valence-electron chi connectivity index (χ1n) is 6.94. The molecule has 2 aromatic carbocycles. The molecule has 1 heterocycles. The summed E-state index contributed by atoms with van der Waals surface area (Å²) in [5.41, 5.74) is 2.08. The van der Waals surface area contributed by atoms with Crippen LogP contribution in [0.5, 0.6) is 0 Å². The second-order valence-corrected chi connectivity index (χ2v) is 5.67. The molecule has 0 unspecified atom stereocenters. The average molecular weight is 315 g/mol. The lowest BCUT2D eigenvalue weighted by Crippen LogP contribution is -2.24. The van der Waals surface area contributed by atoms with Gasteiger partial charge in [0.15, 0.2) is 0 Å². The Morgan fingerprint density at radius 1 is 1.27 bits per heavy atom. The highest BCUT2D eigenvalue weighted by Crippen LogP contribution is 2.23. The summed E-state index contributed by atoms with van der Waals surface area (Å²) in [6.07, 6.45) is 0.593. The molecular weight excluding hydrogens is 300 g/mol. The number of halogens is 1. The number of hydrogen-bond donors (Lipinski definition) is 1. The molecule has 0 aliphatic carbocycles. The Balaban J connectivity index is 1.99. The number of nitrogens with zero attached hydrogens (tertiary/aromatic N) is 2. The maximum Gasteiger partial charge on any atom is 0.261 e. The summed E-state index contributed by atoms with van der Waals surface area (Å²) in [5, 5.41) is 11.4. The molecule has 1 atom stereocenters. The summed E-state index contributed by atoms with van der Waals surface area (Å²) in [6.45, 7) is 2.04. The molecular formula is C17H15ClN2O2. The van der Waals surface area contributed by atoms with Crippen molar-refractivity contribution in [2.24, 2.45) is 0 Å². The number of aliphatic hydroxyl groups excluding tert-OH is 1. The zero-order valence-electron chi connectivity index (χ0n) is 12.0. The van der Waals surface area contributed by atoms with Crippen molar-refractivity contribution in [2.45, 2.75) is 19.6 Å². The van der Waals surface area contributed by atoms with Crippen LogP contribution in [0.1, 0.15) is 17.2 Å². The monoisotopic (exact) mass is 314 g/mol. The summed E-state index contributed by atoms with van der Waals surface area (Å²) in [6, 6.07) is 12.6. The first kappa shape index (κ1) is 14.8. The molecule has 0 fully saturated rings. The minimum absolute atomic E-state index is 0.111. The molecule has 22 heavy (non-hydrogen) atoms. The molecule has 0 aliphatic rings. The first-order chi connectivity index (χ1) is 10.6. The summed E-state index contributed by atoms with van der Waals surface area (Å²) >= 11 is 6.08. The normalized spacial score (nSPS) is 12.5. The molecule has 3 rings (SSSR count). The topological polar surface area (TPSA) is 55.1 Å². The molecule has 112 valence electrons. The molecule has 0 bridgehead atoms. The van der Waals surface area contributed by atoms with Gasteiger partial charge < -0.3 is 5.11 Å². The van der Waals surface area contributed by atoms with Crippen LogP contribution in [0.25, 0.3) is 10.9 Å². The highest BCUT2D eigenvalue weighted by Gasteiger charge is 2.13. The molecule has 5 heteroatoms. The number of benzene rings is 2. The van der Waals surface area contributed by atoms with E-state index in [1.165, 1.54) is 10.9 Å². The van der Waals surface area contributed by atoms with Crippen LogP contribution >= 0.6 is 11.6 Å². The fourth-order valence-electron chi connectivity index (χ4n) is 2.43. The van der Waals surface area contributed by atoms with Gasteiger partial charge in [0.25, 0.3) is 5.56 Å². The maximum atomic E-state index is 12.5. The Hall–Kier alpha value is -2.17. The fourth-order valence-corrected chi connectivity index (χ4v) is 2.69. The van der Waals surface area contributed by atoms with Gasteiger partial charge in [-0.3, -0.25) is 9.36 Å². The Morgan fingerprint density at radius 2 is 2.05 bits per heavy atom. The van der Waals surface area contributed by atoms with E-state index in [0.29, 0.717) is 21.5 Å². The van der Waals surface area contributed by atoms with E-state index in [1.807, 2.05) is 25.1 Å². The minimum Gasteiger partial charge on any atom is -0.386 e. The van der Waals surface area contributed by atoms with E-state index < -0.39 is 6.10 Å². The van der Waals surface area contributed by atoms with E-state index in [2.05, 4.69) is 4.98 Å². The zero-order chi connectivity index (χ0) is 15.7. The van der Waals surface area contributed by atoms with Gasteiger partial charge in [0.1, 0.15) is 0 Å². The number of aromatic nitrogens is 2. The maximum absolute atomic E-state index is 12.5. The molecule has 1 N–H and O–H groups in total. The standard InChI is InChI=1S/C17H15ClN2O2/c1-11-6-7-15-13(8-11)17(22)20(10-19-15)9-16(21)12-4-2-3-5-14(12)18/h2-8,10,16,21H,9H2,1H3/t16-/m1/s1. The minimum atomic E-state index is -0.865. The van der Waals surface area contributed by atoms with Gasteiger partial charge in [-0.2, -0.15) is 0 Å². The van der Waals surface area contributed by atoms with E-state index in [4.69, 9.17) is 11.6 Å². The third kappa shape index (κ3) is 2.75. The summed E-state index contributed by atoms with van der Waals surface area (Å²) < 4.78 is 1.41. The van der Waals surface area contributed by atoms with E-state index in [9.17, 15) is 9.90 Å². The number of rotatable bonds is 3. The SMILES string of the molecule is Cc1ccc2ncn(C[C@@H](O)c3ccccc3Cl)c(=O)c2c1. The predicted molar refractivity (Wildman–Crippen MR) is 87.2 cm³/mol. The van der Waals surface area contributed by atoms with E-state index in [1.54, 1.807) is 24.3 Å². The number of fused-ring (bicyclic) bond motifs is 1. The molecule has 0 saturated carbocycles. The Labute approximate surface area is 132 Å². The van der Waals surface area contributed by atoms with Gasteiger partial charge in [0.05, 0.1) is 29.9 Å². The summed E-state index contributed by atoms with van der Waals surface area (Å²) in [4.78, 5) is 16.8. The largest absolute Gasteiger partial charge is 0.386 e. The van der Waals surface area contributed by atoms with Crippen LogP contribution in [0.2, 0.25) is 5.02 Å². The van der Waals surface area contributed by atoms with E-state index >= 15 is 0 Å². The van der Waals surface area contributed by atoms with E-state index in [-0.39, 0.29) is 12.1 Å². The second kappa shape index (κ2) is 5.91. The van der Waals surface area contributed by atoms with Crippen LogP contribution in [0.4, 0.5) is 0 Å². The van der Waals surface area contributed by atoms with Gasteiger partial charge in [-0.25, -0.2) is 4.98 Å². The van der Waals surface area contributed by atoms with Crippen LogP contribution < -0.4 is 5.56 Å². The predicted octanol–water partition coefficient (Wildman–Crippen LogP) is 3.09. The highest BCUT2D eigenvalue weighted by molar-refractivity contribution is 6.31. The van der Waals surface area contributed by atoms with Crippen molar-refractivity contribution in [1.82, 2.24) is 9.55 Å². The lowest BCUT2D eigenvalue weighted by molar-refractivity contribution is 0.155. The van der Waals surface area contributed by atoms with Gasteiger partial charge in [-0.1, -0.05) is 41.4 Å². The zero-order valence-corrected chi connectivity index (χ0v) is 12.8.